The molecule has 2 heterocycles. The normalized spacial score (nSPS) is 12.2. The van der Waals surface area contributed by atoms with E-state index in [4.69, 9.17) is 0 Å². The molecule has 108 valence electrons. The lowest BCUT2D eigenvalue weighted by Gasteiger charge is -2.14. The molecule has 3 rings (SSSR count). The van der Waals surface area contributed by atoms with Crippen molar-refractivity contribution in [2.24, 2.45) is 0 Å². The number of aromatic nitrogens is 2. The maximum Gasteiger partial charge on any atom is 0.315 e. The molecule has 0 spiro atoms. The average Bonchev–Trinajstić information content (AvgIpc) is 3.07. The summed E-state index contributed by atoms with van der Waals surface area (Å²) in [5.74, 6) is 0. The fraction of sp³-hybridized carbons (Fsp3) is 0.200. The Morgan fingerprint density at radius 3 is 2.95 bits per heavy atom. The molecule has 1 aromatic carbocycles. The van der Waals surface area contributed by atoms with Gasteiger partial charge in [0.15, 0.2) is 4.96 Å². The van der Waals surface area contributed by atoms with Gasteiger partial charge in [-0.2, -0.15) is 0 Å². The van der Waals surface area contributed by atoms with E-state index in [1.54, 1.807) is 11.3 Å². The van der Waals surface area contributed by atoms with E-state index >= 15 is 0 Å². The smallest absolute Gasteiger partial charge is 0.315 e. The van der Waals surface area contributed by atoms with Gasteiger partial charge in [0.05, 0.1) is 18.3 Å². The van der Waals surface area contributed by atoms with Crippen LogP contribution in [0.15, 0.2) is 48.1 Å². The molecule has 2 N–H and O–H groups in total. The Hall–Kier alpha value is -2.34. The van der Waals surface area contributed by atoms with E-state index in [9.17, 15) is 4.79 Å². The highest BCUT2D eigenvalue weighted by atomic mass is 32.1. The van der Waals surface area contributed by atoms with Crippen molar-refractivity contribution in [3.63, 3.8) is 0 Å². The summed E-state index contributed by atoms with van der Waals surface area (Å²) in [6.45, 7) is 2.38. The second kappa shape index (κ2) is 5.97. The molecule has 0 fully saturated rings. The van der Waals surface area contributed by atoms with E-state index in [2.05, 4.69) is 15.6 Å². The number of thiazole rings is 1. The minimum Gasteiger partial charge on any atom is -0.332 e. The number of amides is 2. The quantitative estimate of drug-likeness (QED) is 0.778. The summed E-state index contributed by atoms with van der Waals surface area (Å²) in [6, 6.07) is 9.65. The lowest BCUT2D eigenvalue weighted by molar-refractivity contribution is 0.237. The molecule has 1 atom stereocenters. The molecule has 2 amide bonds. The lowest BCUT2D eigenvalue weighted by atomic mass is 10.1. The van der Waals surface area contributed by atoms with Gasteiger partial charge in [-0.05, 0) is 12.5 Å². The summed E-state index contributed by atoms with van der Waals surface area (Å²) < 4.78 is 1.95. The second-order valence-corrected chi connectivity index (χ2v) is 5.66. The molecule has 0 aliphatic rings. The van der Waals surface area contributed by atoms with Gasteiger partial charge in [0.1, 0.15) is 0 Å². The van der Waals surface area contributed by atoms with Gasteiger partial charge in [-0.25, -0.2) is 9.78 Å². The highest BCUT2D eigenvalue weighted by Crippen LogP contribution is 2.12. The van der Waals surface area contributed by atoms with Gasteiger partial charge in [-0.15, -0.1) is 11.3 Å². The van der Waals surface area contributed by atoms with Crippen LogP contribution in [-0.4, -0.2) is 15.4 Å². The third-order valence-corrected chi connectivity index (χ3v) is 3.99. The maximum absolute atomic E-state index is 11.9. The van der Waals surface area contributed by atoms with Gasteiger partial charge in [-0.1, -0.05) is 30.3 Å². The zero-order chi connectivity index (χ0) is 14.7. The van der Waals surface area contributed by atoms with E-state index < -0.39 is 0 Å². The number of hydrogen-bond donors (Lipinski definition) is 2. The summed E-state index contributed by atoms with van der Waals surface area (Å²) in [7, 11) is 0. The van der Waals surface area contributed by atoms with Crippen molar-refractivity contribution in [1.29, 1.82) is 0 Å². The summed E-state index contributed by atoms with van der Waals surface area (Å²) in [4.78, 5) is 17.3. The molecule has 0 radical (unpaired) electrons. The molecule has 0 aliphatic carbocycles. The fourth-order valence-electron chi connectivity index (χ4n) is 2.10. The standard InChI is InChI=1S/C15H16N4OS/c1-11(12-5-3-2-4-6-12)17-14(20)16-9-13-10-19-7-8-21-15(19)18-13/h2-8,10-11H,9H2,1H3,(H2,16,17,20)/t11-/m0/s1. The molecular weight excluding hydrogens is 284 g/mol. The number of carbonyl (C=O) groups is 1. The van der Waals surface area contributed by atoms with Crippen molar-refractivity contribution >= 4 is 22.3 Å². The monoisotopic (exact) mass is 300 g/mol. The molecule has 2 aromatic heterocycles. The Bertz CT molecular complexity index is 706. The van der Waals surface area contributed by atoms with Crippen molar-refractivity contribution in [3.05, 3.63) is 59.4 Å². The Balaban J connectivity index is 1.53. The predicted octanol–water partition coefficient (Wildman–Crippen LogP) is 2.96. The number of imidazole rings is 1. The molecule has 21 heavy (non-hydrogen) atoms. The number of benzene rings is 1. The fourth-order valence-corrected chi connectivity index (χ4v) is 2.82. The van der Waals surface area contributed by atoms with Crippen LogP contribution in [0.25, 0.3) is 4.96 Å². The summed E-state index contributed by atoms with van der Waals surface area (Å²) >= 11 is 1.57. The van der Waals surface area contributed by atoms with Gasteiger partial charge in [0.2, 0.25) is 0 Å². The lowest BCUT2D eigenvalue weighted by Crippen LogP contribution is -2.36. The molecule has 0 saturated heterocycles. The number of nitrogens with one attached hydrogen (secondary N) is 2. The van der Waals surface area contributed by atoms with Crippen molar-refractivity contribution in [3.8, 4) is 0 Å². The first kappa shape index (κ1) is 13.6. The molecule has 0 saturated carbocycles. The van der Waals surface area contributed by atoms with Crippen LogP contribution in [0.2, 0.25) is 0 Å². The third kappa shape index (κ3) is 3.22. The number of nitrogens with zero attached hydrogens (tertiary/aromatic N) is 2. The van der Waals surface area contributed by atoms with Crippen LogP contribution in [-0.2, 0) is 6.54 Å². The highest BCUT2D eigenvalue weighted by molar-refractivity contribution is 7.15. The van der Waals surface area contributed by atoms with Gasteiger partial charge in [-0.3, -0.25) is 4.40 Å². The first-order valence-corrected chi connectivity index (χ1v) is 7.61. The topological polar surface area (TPSA) is 58.4 Å². The van der Waals surface area contributed by atoms with Crippen molar-refractivity contribution in [2.75, 3.05) is 0 Å². The van der Waals surface area contributed by atoms with Crippen LogP contribution >= 0.6 is 11.3 Å². The summed E-state index contributed by atoms with van der Waals surface area (Å²) in [6.07, 6.45) is 3.88. The Morgan fingerprint density at radius 2 is 2.19 bits per heavy atom. The predicted molar refractivity (Wildman–Crippen MR) is 83.3 cm³/mol. The molecule has 6 heteroatoms. The van der Waals surface area contributed by atoms with Crippen LogP contribution in [0.4, 0.5) is 4.79 Å². The van der Waals surface area contributed by atoms with Crippen LogP contribution < -0.4 is 10.6 Å². The van der Waals surface area contributed by atoms with Gasteiger partial charge in [0.25, 0.3) is 0 Å². The molecule has 5 nitrogen and oxygen atoms in total. The van der Waals surface area contributed by atoms with Crippen molar-refractivity contribution < 1.29 is 4.79 Å². The first-order chi connectivity index (χ1) is 10.2. The van der Waals surface area contributed by atoms with Gasteiger partial charge < -0.3 is 10.6 Å². The van der Waals surface area contributed by atoms with E-state index in [-0.39, 0.29) is 12.1 Å². The third-order valence-electron chi connectivity index (χ3n) is 3.22. The van der Waals surface area contributed by atoms with E-state index in [1.807, 2.05) is 59.4 Å². The molecule has 0 aliphatic heterocycles. The minimum absolute atomic E-state index is 0.0308. The number of urea groups is 1. The zero-order valence-electron chi connectivity index (χ0n) is 11.6. The number of rotatable bonds is 4. The maximum atomic E-state index is 11.9. The largest absolute Gasteiger partial charge is 0.332 e. The molecular formula is C15H16N4OS. The molecule has 0 bridgehead atoms. The number of carbonyl (C=O) groups excluding carboxylic acids is 1. The minimum atomic E-state index is -0.192. The summed E-state index contributed by atoms with van der Waals surface area (Å²) in [5.41, 5.74) is 1.93. The number of hydrogen-bond acceptors (Lipinski definition) is 3. The Labute approximate surface area is 126 Å². The van der Waals surface area contributed by atoms with E-state index in [1.165, 1.54) is 0 Å². The average molecular weight is 300 g/mol. The van der Waals surface area contributed by atoms with E-state index in [0.29, 0.717) is 6.54 Å². The molecule has 3 aromatic rings. The highest BCUT2D eigenvalue weighted by Gasteiger charge is 2.09. The Kier molecular flexibility index (Phi) is 3.87. The van der Waals surface area contributed by atoms with Crippen molar-refractivity contribution in [2.45, 2.75) is 19.5 Å². The van der Waals surface area contributed by atoms with Gasteiger partial charge in [0, 0.05) is 17.8 Å². The Morgan fingerprint density at radius 1 is 1.38 bits per heavy atom. The van der Waals surface area contributed by atoms with Crippen LogP contribution in [0, 0.1) is 0 Å². The molecule has 0 unspecified atom stereocenters. The van der Waals surface area contributed by atoms with Crippen LogP contribution in [0.1, 0.15) is 24.2 Å². The summed E-state index contributed by atoms with van der Waals surface area (Å²) in [5, 5.41) is 7.72. The second-order valence-electron chi connectivity index (χ2n) is 4.78. The van der Waals surface area contributed by atoms with Crippen molar-refractivity contribution in [1.82, 2.24) is 20.0 Å². The van der Waals surface area contributed by atoms with E-state index in [0.717, 1.165) is 16.2 Å². The van der Waals surface area contributed by atoms with Crippen LogP contribution in [0.5, 0.6) is 0 Å². The first-order valence-electron chi connectivity index (χ1n) is 6.73. The van der Waals surface area contributed by atoms with Crippen LogP contribution in [0.3, 0.4) is 0 Å². The van der Waals surface area contributed by atoms with Gasteiger partial charge >= 0.3 is 6.03 Å². The zero-order valence-corrected chi connectivity index (χ0v) is 12.4. The SMILES string of the molecule is C[C@H](NC(=O)NCc1cn2ccsc2n1)c1ccccc1. The number of fused-ring (bicyclic) bond motifs is 1.